The van der Waals surface area contributed by atoms with Gasteiger partial charge in [-0.2, -0.15) is 13.2 Å². The van der Waals surface area contributed by atoms with Crippen molar-refractivity contribution in [3.63, 3.8) is 0 Å². The van der Waals surface area contributed by atoms with Crippen LogP contribution in [0.15, 0.2) is 32.1 Å². The number of allylic oxidation sites excluding steroid dienone is 1. The molecule has 1 heterocycles. The Morgan fingerprint density at radius 1 is 1.38 bits per heavy atom. The standard InChI is InChI=1S/C15H18BrF3N4S3/c1-5-24-13(25-14(16)20)8(2)9(3)23-10-6-12(26-15(17,18)19)22-7-11(10)21-4/h6-7,20-21H,5H2,1-4H3/b13-8+,20-14?,23-9?. The molecule has 4 nitrogen and oxygen atoms in total. The van der Waals surface area contributed by atoms with Gasteiger partial charge >= 0.3 is 5.51 Å². The summed E-state index contributed by atoms with van der Waals surface area (Å²) in [4.78, 5) is 8.30. The third-order valence-electron chi connectivity index (χ3n) is 2.94. The lowest BCUT2D eigenvalue weighted by Crippen LogP contribution is -2.01. The Labute approximate surface area is 171 Å². The first-order chi connectivity index (χ1) is 12.1. The monoisotopic (exact) mass is 486 g/mol. The van der Waals surface area contributed by atoms with Crippen molar-refractivity contribution >= 4 is 72.3 Å². The van der Waals surface area contributed by atoms with E-state index in [2.05, 4.69) is 31.2 Å². The fourth-order valence-electron chi connectivity index (χ4n) is 1.72. The number of hydrogen-bond acceptors (Lipinski definition) is 7. The Bertz CT molecular complexity index is 721. The smallest absolute Gasteiger partial charge is 0.385 e. The Hall–Kier alpha value is -0.650. The summed E-state index contributed by atoms with van der Waals surface area (Å²) in [6.45, 7) is 5.68. The summed E-state index contributed by atoms with van der Waals surface area (Å²) in [5.41, 5.74) is -1.96. The third-order valence-corrected chi connectivity index (χ3v) is 6.22. The van der Waals surface area contributed by atoms with Gasteiger partial charge in [0.15, 0.2) is 0 Å². The van der Waals surface area contributed by atoms with Crippen LogP contribution in [0.2, 0.25) is 0 Å². The molecular formula is C15H18BrF3N4S3. The number of thioether (sulfide) groups is 3. The molecule has 0 unspecified atom stereocenters. The van der Waals surface area contributed by atoms with Crippen molar-refractivity contribution in [3.05, 3.63) is 22.1 Å². The van der Waals surface area contributed by atoms with Gasteiger partial charge in [-0.25, -0.2) is 4.98 Å². The van der Waals surface area contributed by atoms with Gasteiger partial charge < -0.3 is 5.32 Å². The van der Waals surface area contributed by atoms with Crippen LogP contribution >= 0.6 is 51.2 Å². The highest BCUT2D eigenvalue weighted by Crippen LogP contribution is 2.39. The van der Waals surface area contributed by atoms with Gasteiger partial charge in [0.2, 0.25) is 0 Å². The topological polar surface area (TPSA) is 61.1 Å². The number of hydrogen-bond donors (Lipinski definition) is 2. The molecule has 0 saturated heterocycles. The lowest BCUT2D eigenvalue weighted by molar-refractivity contribution is -0.0329. The average molecular weight is 487 g/mol. The number of alkyl halides is 3. The minimum Gasteiger partial charge on any atom is -0.385 e. The highest BCUT2D eigenvalue weighted by molar-refractivity contribution is 9.22. The Morgan fingerprint density at radius 3 is 2.54 bits per heavy atom. The molecule has 0 spiro atoms. The zero-order chi connectivity index (χ0) is 19.9. The average Bonchev–Trinajstić information content (AvgIpc) is 2.52. The molecule has 26 heavy (non-hydrogen) atoms. The van der Waals surface area contributed by atoms with Crippen molar-refractivity contribution in [1.29, 1.82) is 5.41 Å². The molecule has 0 aliphatic rings. The van der Waals surface area contributed by atoms with Crippen LogP contribution in [-0.4, -0.2) is 33.0 Å². The quantitative estimate of drug-likeness (QED) is 0.250. The Balaban J connectivity index is 3.30. The van der Waals surface area contributed by atoms with Crippen LogP contribution in [0.3, 0.4) is 0 Å². The highest BCUT2D eigenvalue weighted by Gasteiger charge is 2.30. The summed E-state index contributed by atoms with van der Waals surface area (Å²) in [5, 5.41) is 10.3. The fourth-order valence-corrected chi connectivity index (χ4v) is 4.97. The second-order valence-electron chi connectivity index (χ2n) is 4.76. The summed E-state index contributed by atoms with van der Waals surface area (Å²) in [6.07, 6.45) is 1.34. The van der Waals surface area contributed by atoms with E-state index in [0.29, 0.717) is 17.1 Å². The molecule has 0 fully saturated rings. The summed E-state index contributed by atoms with van der Waals surface area (Å²) >= 11 is 5.71. The summed E-state index contributed by atoms with van der Waals surface area (Å²) < 4.78 is 39.0. The first-order valence-electron chi connectivity index (χ1n) is 7.32. The van der Waals surface area contributed by atoms with E-state index < -0.39 is 5.51 Å². The predicted octanol–water partition coefficient (Wildman–Crippen LogP) is 6.88. The van der Waals surface area contributed by atoms with Crippen molar-refractivity contribution < 1.29 is 13.2 Å². The molecular weight excluding hydrogens is 469 g/mol. The number of nitrogens with zero attached hydrogens (tertiary/aromatic N) is 2. The van der Waals surface area contributed by atoms with Crippen LogP contribution < -0.4 is 5.32 Å². The van der Waals surface area contributed by atoms with E-state index in [1.165, 1.54) is 24.0 Å². The summed E-state index contributed by atoms with van der Waals surface area (Å²) in [6, 6.07) is 1.31. The van der Waals surface area contributed by atoms with Crippen LogP contribution in [0.25, 0.3) is 0 Å². The number of aliphatic imine (C=N–C) groups is 1. The van der Waals surface area contributed by atoms with E-state index in [1.54, 1.807) is 25.7 Å². The van der Waals surface area contributed by atoms with Crippen molar-refractivity contribution in [2.75, 3.05) is 18.1 Å². The van der Waals surface area contributed by atoms with Crippen LogP contribution in [0.4, 0.5) is 24.5 Å². The largest absolute Gasteiger partial charge is 0.447 e. The van der Waals surface area contributed by atoms with Gasteiger partial charge in [0.1, 0.15) is 8.98 Å². The van der Waals surface area contributed by atoms with E-state index in [0.717, 1.165) is 15.6 Å². The molecule has 11 heteroatoms. The van der Waals surface area contributed by atoms with Gasteiger partial charge in [0.05, 0.1) is 21.8 Å². The normalized spacial score (nSPS) is 13.5. The maximum atomic E-state index is 12.6. The van der Waals surface area contributed by atoms with Crippen LogP contribution in [0, 0.1) is 5.41 Å². The van der Waals surface area contributed by atoms with Gasteiger partial charge in [-0.15, -0.1) is 11.8 Å². The molecule has 0 saturated carbocycles. The molecule has 0 radical (unpaired) electrons. The van der Waals surface area contributed by atoms with Crippen molar-refractivity contribution in [2.24, 2.45) is 4.99 Å². The number of aromatic nitrogens is 1. The van der Waals surface area contributed by atoms with E-state index >= 15 is 0 Å². The zero-order valence-corrected chi connectivity index (χ0v) is 18.5. The maximum absolute atomic E-state index is 12.6. The Morgan fingerprint density at radius 2 is 2.04 bits per heavy atom. The predicted molar refractivity (Wildman–Crippen MR) is 114 cm³/mol. The minimum atomic E-state index is -4.40. The number of pyridine rings is 1. The molecule has 0 atom stereocenters. The van der Waals surface area contributed by atoms with Crippen LogP contribution in [0.5, 0.6) is 0 Å². The number of halogens is 4. The minimum absolute atomic E-state index is 0.163. The van der Waals surface area contributed by atoms with Crippen molar-refractivity contribution in [1.82, 2.24) is 4.98 Å². The molecule has 0 aromatic carbocycles. The van der Waals surface area contributed by atoms with E-state index in [1.807, 2.05) is 13.8 Å². The lowest BCUT2D eigenvalue weighted by Gasteiger charge is -2.12. The van der Waals surface area contributed by atoms with Crippen LogP contribution in [-0.2, 0) is 0 Å². The van der Waals surface area contributed by atoms with E-state index in [-0.39, 0.29) is 20.7 Å². The molecule has 2 N–H and O–H groups in total. The number of nitrogens with one attached hydrogen (secondary N) is 2. The number of rotatable bonds is 7. The highest BCUT2D eigenvalue weighted by atomic mass is 79.9. The van der Waals surface area contributed by atoms with Gasteiger partial charge in [0.25, 0.3) is 0 Å². The maximum Gasteiger partial charge on any atom is 0.447 e. The lowest BCUT2D eigenvalue weighted by atomic mass is 10.2. The van der Waals surface area contributed by atoms with E-state index in [4.69, 9.17) is 5.41 Å². The second kappa shape index (κ2) is 10.6. The SMILES string of the molecule is CCS/C(SC(=N)Br)=C(/C)C(C)=Nc1cc(SC(F)(F)F)ncc1NC. The van der Waals surface area contributed by atoms with Gasteiger partial charge in [-0.1, -0.05) is 18.7 Å². The number of anilines is 1. The summed E-state index contributed by atoms with van der Waals surface area (Å²) in [7, 11) is 1.66. The summed E-state index contributed by atoms with van der Waals surface area (Å²) in [5.74, 6) is 0.830. The molecule has 0 amide bonds. The fraction of sp³-hybridized carbons (Fsp3) is 0.400. The van der Waals surface area contributed by atoms with Gasteiger partial charge in [-0.05, 0) is 47.2 Å². The van der Waals surface area contributed by atoms with E-state index in [9.17, 15) is 13.2 Å². The molecule has 144 valence electrons. The first-order valence-corrected chi connectivity index (χ1v) is 10.7. The van der Waals surface area contributed by atoms with Crippen molar-refractivity contribution in [2.45, 2.75) is 31.3 Å². The van der Waals surface area contributed by atoms with Crippen LogP contribution in [0.1, 0.15) is 20.8 Å². The molecule has 1 aromatic heterocycles. The van der Waals surface area contributed by atoms with Gasteiger partial charge in [0, 0.05) is 24.5 Å². The second-order valence-corrected chi connectivity index (χ2v) is 9.71. The molecule has 0 bridgehead atoms. The molecule has 1 rings (SSSR count). The molecule has 0 aliphatic carbocycles. The third kappa shape index (κ3) is 7.93. The molecule has 0 aliphatic heterocycles. The zero-order valence-electron chi connectivity index (χ0n) is 14.5. The molecule has 1 aromatic rings. The first kappa shape index (κ1) is 23.4. The van der Waals surface area contributed by atoms with Gasteiger partial charge in [-0.3, -0.25) is 10.4 Å². The van der Waals surface area contributed by atoms with Crippen molar-refractivity contribution in [3.8, 4) is 0 Å². The Kier molecular flexibility index (Phi) is 9.56.